The Morgan fingerprint density at radius 1 is 1.31 bits per heavy atom. The molecule has 88 valence electrons. The van der Waals surface area contributed by atoms with Gasteiger partial charge in [-0.15, -0.1) is 0 Å². The summed E-state index contributed by atoms with van der Waals surface area (Å²) in [5.41, 5.74) is 0.715. The summed E-state index contributed by atoms with van der Waals surface area (Å²) in [6, 6.07) is 5.94. The molecule has 1 fully saturated rings. The van der Waals surface area contributed by atoms with Gasteiger partial charge >= 0.3 is 0 Å². The van der Waals surface area contributed by atoms with Crippen molar-refractivity contribution in [2.24, 2.45) is 5.92 Å². The van der Waals surface area contributed by atoms with Gasteiger partial charge in [-0.2, -0.15) is 0 Å². The zero-order valence-electron chi connectivity index (χ0n) is 9.56. The third-order valence-corrected chi connectivity index (χ3v) is 3.36. The van der Waals surface area contributed by atoms with Crippen LogP contribution in [0.25, 0.3) is 0 Å². The van der Waals surface area contributed by atoms with Gasteiger partial charge in [0.15, 0.2) is 0 Å². The summed E-state index contributed by atoms with van der Waals surface area (Å²) in [4.78, 5) is 0. The minimum Gasteiger partial charge on any atom is -0.386 e. The van der Waals surface area contributed by atoms with Gasteiger partial charge in [0.1, 0.15) is 11.9 Å². The molecule has 0 spiro atoms. The van der Waals surface area contributed by atoms with Crippen LogP contribution in [0.15, 0.2) is 24.3 Å². The van der Waals surface area contributed by atoms with Crippen molar-refractivity contribution in [3.05, 3.63) is 35.6 Å². The predicted molar refractivity (Wildman–Crippen MR) is 59.5 cm³/mol. The van der Waals surface area contributed by atoms with Gasteiger partial charge in [0.05, 0.1) is 12.2 Å². The van der Waals surface area contributed by atoms with Crippen LogP contribution in [0.1, 0.15) is 31.9 Å². The number of hydrogen-bond donors (Lipinski definition) is 1. The van der Waals surface area contributed by atoms with Gasteiger partial charge in [0.2, 0.25) is 0 Å². The molecular formula is C13H17FO2. The van der Waals surface area contributed by atoms with E-state index < -0.39 is 6.10 Å². The van der Waals surface area contributed by atoms with Crippen molar-refractivity contribution in [1.29, 1.82) is 0 Å². The highest BCUT2D eigenvalue weighted by molar-refractivity contribution is 5.19. The normalized spacial score (nSPS) is 31.6. The summed E-state index contributed by atoms with van der Waals surface area (Å²) in [5.74, 6) is 0.171. The van der Waals surface area contributed by atoms with E-state index in [1.165, 1.54) is 12.1 Å². The number of aliphatic hydroxyl groups excluding tert-OH is 1. The fourth-order valence-corrected chi connectivity index (χ4v) is 2.10. The van der Waals surface area contributed by atoms with Crippen LogP contribution >= 0.6 is 0 Å². The molecule has 2 rings (SSSR count). The highest BCUT2D eigenvalue weighted by Crippen LogP contribution is 2.33. The third kappa shape index (κ3) is 2.25. The highest BCUT2D eigenvalue weighted by atomic mass is 19.1. The largest absolute Gasteiger partial charge is 0.386 e. The van der Waals surface area contributed by atoms with Gasteiger partial charge in [0.25, 0.3) is 0 Å². The van der Waals surface area contributed by atoms with E-state index in [9.17, 15) is 9.50 Å². The van der Waals surface area contributed by atoms with Crippen LogP contribution in [-0.2, 0) is 4.74 Å². The van der Waals surface area contributed by atoms with Crippen molar-refractivity contribution in [2.75, 3.05) is 0 Å². The number of halogens is 1. The molecule has 1 aliphatic rings. The molecule has 1 N–H and O–H groups in total. The maximum Gasteiger partial charge on any atom is 0.123 e. The smallest absolute Gasteiger partial charge is 0.123 e. The van der Waals surface area contributed by atoms with Crippen LogP contribution in [0.2, 0.25) is 0 Å². The van der Waals surface area contributed by atoms with Crippen LogP contribution < -0.4 is 0 Å². The summed E-state index contributed by atoms with van der Waals surface area (Å²) in [6.45, 7) is 4.13. The Hall–Kier alpha value is -0.930. The first-order valence-electron chi connectivity index (χ1n) is 5.67. The van der Waals surface area contributed by atoms with Crippen LogP contribution in [0, 0.1) is 11.7 Å². The zero-order valence-corrected chi connectivity index (χ0v) is 9.56. The number of ether oxygens (including phenoxy) is 1. The van der Waals surface area contributed by atoms with E-state index in [0.717, 1.165) is 6.42 Å². The predicted octanol–water partition coefficient (Wildman–Crippen LogP) is 2.67. The molecule has 0 amide bonds. The molecule has 3 heteroatoms. The molecule has 16 heavy (non-hydrogen) atoms. The van der Waals surface area contributed by atoms with Gasteiger partial charge in [-0.1, -0.05) is 19.1 Å². The van der Waals surface area contributed by atoms with Crippen LogP contribution in [-0.4, -0.2) is 17.3 Å². The average molecular weight is 224 g/mol. The number of aliphatic hydroxyl groups is 1. The fourth-order valence-electron chi connectivity index (χ4n) is 2.10. The molecule has 0 aliphatic carbocycles. The molecule has 4 atom stereocenters. The Morgan fingerprint density at radius 2 is 1.94 bits per heavy atom. The van der Waals surface area contributed by atoms with Gasteiger partial charge in [-0.3, -0.25) is 0 Å². The Balaban J connectivity index is 2.08. The molecule has 0 unspecified atom stereocenters. The molecular weight excluding hydrogens is 207 g/mol. The molecule has 1 aromatic rings. The molecule has 1 heterocycles. The van der Waals surface area contributed by atoms with Crippen LogP contribution in [0.4, 0.5) is 4.39 Å². The van der Waals surface area contributed by atoms with Crippen molar-refractivity contribution < 1.29 is 14.2 Å². The lowest BCUT2D eigenvalue weighted by Crippen LogP contribution is -2.18. The molecule has 0 saturated carbocycles. The summed E-state index contributed by atoms with van der Waals surface area (Å²) >= 11 is 0. The van der Waals surface area contributed by atoms with Crippen molar-refractivity contribution in [3.8, 4) is 0 Å². The van der Waals surface area contributed by atoms with Crippen LogP contribution in [0.3, 0.4) is 0 Å². The van der Waals surface area contributed by atoms with Crippen LogP contribution in [0.5, 0.6) is 0 Å². The minimum atomic E-state index is -0.659. The maximum atomic E-state index is 12.7. The Bertz CT molecular complexity index is 339. The highest BCUT2D eigenvalue weighted by Gasteiger charge is 2.34. The summed E-state index contributed by atoms with van der Waals surface area (Å²) in [6.07, 6.45) is 0.197. The topological polar surface area (TPSA) is 29.5 Å². The SMILES string of the molecule is C[C@@H]1C[C@@H]([C@H](O)c2ccc(F)cc2)O[C@H]1C. The summed E-state index contributed by atoms with van der Waals surface area (Å²) in [5, 5.41) is 10.1. The maximum absolute atomic E-state index is 12.7. The number of benzene rings is 1. The number of rotatable bonds is 2. The molecule has 1 aliphatic heterocycles. The number of hydrogen-bond acceptors (Lipinski definition) is 2. The molecule has 1 saturated heterocycles. The lowest BCUT2D eigenvalue weighted by Gasteiger charge is -2.18. The Kier molecular flexibility index (Phi) is 3.26. The van der Waals surface area contributed by atoms with Crippen molar-refractivity contribution in [2.45, 2.75) is 38.6 Å². The molecule has 0 radical (unpaired) electrons. The lowest BCUT2D eigenvalue weighted by atomic mass is 9.97. The summed E-state index contributed by atoms with van der Waals surface area (Å²) in [7, 11) is 0. The first-order chi connectivity index (χ1) is 7.58. The third-order valence-electron chi connectivity index (χ3n) is 3.36. The van der Waals surface area contributed by atoms with Crippen molar-refractivity contribution >= 4 is 0 Å². The van der Waals surface area contributed by atoms with Gasteiger partial charge in [-0.05, 0) is 37.0 Å². The summed E-state index contributed by atoms with van der Waals surface area (Å²) < 4.78 is 18.4. The molecule has 0 aromatic heterocycles. The molecule has 1 aromatic carbocycles. The fraction of sp³-hybridized carbons (Fsp3) is 0.538. The van der Waals surface area contributed by atoms with E-state index in [2.05, 4.69) is 6.92 Å². The first-order valence-corrected chi connectivity index (χ1v) is 5.67. The second-order valence-electron chi connectivity index (χ2n) is 4.59. The first kappa shape index (κ1) is 11.6. The van der Waals surface area contributed by atoms with Gasteiger partial charge in [0, 0.05) is 0 Å². The minimum absolute atomic E-state index is 0.171. The second-order valence-corrected chi connectivity index (χ2v) is 4.59. The lowest BCUT2D eigenvalue weighted by molar-refractivity contribution is -0.0321. The monoisotopic (exact) mass is 224 g/mol. The van der Waals surface area contributed by atoms with Gasteiger partial charge in [-0.25, -0.2) is 4.39 Å². The van der Waals surface area contributed by atoms with E-state index in [1.54, 1.807) is 12.1 Å². The van der Waals surface area contributed by atoms with E-state index >= 15 is 0 Å². The van der Waals surface area contributed by atoms with E-state index in [0.29, 0.717) is 11.5 Å². The zero-order chi connectivity index (χ0) is 11.7. The quantitative estimate of drug-likeness (QED) is 0.836. The second kappa shape index (κ2) is 4.52. The molecule has 2 nitrogen and oxygen atoms in total. The Morgan fingerprint density at radius 3 is 2.44 bits per heavy atom. The molecule has 0 bridgehead atoms. The van der Waals surface area contributed by atoms with Gasteiger partial charge < -0.3 is 9.84 Å². The standard InChI is InChI=1S/C13H17FO2/c1-8-7-12(16-9(8)2)13(15)10-3-5-11(14)6-4-10/h3-6,8-9,12-13,15H,7H2,1-2H3/t8-,9+,12+,13-/m1/s1. The van der Waals surface area contributed by atoms with E-state index in [4.69, 9.17) is 4.74 Å². The van der Waals surface area contributed by atoms with E-state index in [1.807, 2.05) is 6.92 Å². The average Bonchev–Trinajstić information content (AvgIpc) is 2.59. The van der Waals surface area contributed by atoms with Crippen molar-refractivity contribution in [3.63, 3.8) is 0 Å². The Labute approximate surface area is 95.1 Å². The van der Waals surface area contributed by atoms with E-state index in [-0.39, 0.29) is 18.0 Å². The van der Waals surface area contributed by atoms with Crippen molar-refractivity contribution in [1.82, 2.24) is 0 Å².